The van der Waals surface area contributed by atoms with E-state index in [2.05, 4.69) is 16.0 Å². The molecule has 1 aromatic rings. The first-order valence-corrected chi connectivity index (χ1v) is 7.07. The number of aliphatic hydroxyl groups is 1. The van der Waals surface area contributed by atoms with Crippen LogP contribution in [0.25, 0.3) is 0 Å². The molecule has 0 radical (unpaired) electrons. The van der Waals surface area contributed by atoms with Crippen LogP contribution < -0.4 is 16.0 Å². The first-order chi connectivity index (χ1) is 11.1. The molecule has 0 unspecified atom stereocenters. The second-order valence-electron chi connectivity index (χ2n) is 4.62. The predicted octanol–water partition coefficient (Wildman–Crippen LogP) is -1.21. The van der Waals surface area contributed by atoms with Crippen molar-refractivity contribution in [1.29, 1.82) is 0 Å². The van der Waals surface area contributed by atoms with Crippen molar-refractivity contribution in [2.75, 3.05) is 33.4 Å². The lowest BCUT2D eigenvalue weighted by molar-refractivity contribution is -0.124. The highest BCUT2D eigenvalue weighted by molar-refractivity contribution is 5.97. The highest BCUT2D eigenvalue weighted by Gasteiger charge is 2.12. The lowest BCUT2D eigenvalue weighted by Crippen LogP contribution is -2.38. The predicted molar refractivity (Wildman–Crippen MR) is 82.6 cm³/mol. The van der Waals surface area contributed by atoms with Gasteiger partial charge in [0.25, 0.3) is 5.91 Å². The second-order valence-corrected chi connectivity index (χ2v) is 4.62. The number of hydrogen-bond donors (Lipinski definition) is 4. The molecule has 1 rings (SSSR count). The zero-order chi connectivity index (χ0) is 17.1. The van der Waals surface area contributed by atoms with Gasteiger partial charge in [-0.2, -0.15) is 0 Å². The third-order valence-corrected chi connectivity index (χ3v) is 2.92. The van der Waals surface area contributed by atoms with Crippen LogP contribution in [0.4, 0.5) is 0 Å². The van der Waals surface area contributed by atoms with Crippen LogP contribution in [-0.4, -0.2) is 56.2 Å². The summed E-state index contributed by atoms with van der Waals surface area (Å²) >= 11 is 0. The maximum atomic E-state index is 12.1. The van der Waals surface area contributed by atoms with Gasteiger partial charge in [-0.25, -0.2) is 0 Å². The number of carbonyl (C=O) groups excluding carboxylic acids is 3. The molecule has 23 heavy (non-hydrogen) atoms. The number of amides is 3. The van der Waals surface area contributed by atoms with Gasteiger partial charge in [-0.1, -0.05) is 18.2 Å². The Kier molecular flexibility index (Phi) is 8.33. The van der Waals surface area contributed by atoms with Crippen molar-refractivity contribution in [2.45, 2.75) is 6.54 Å². The zero-order valence-corrected chi connectivity index (χ0v) is 12.9. The molecule has 126 valence electrons. The summed E-state index contributed by atoms with van der Waals surface area (Å²) in [6, 6.07) is 6.70. The topological polar surface area (TPSA) is 117 Å². The standard InChI is InChI=1S/C15H21N3O5/c1-23-7-6-16-13(20)9-18-15(22)12-5-3-2-4-11(12)8-17-14(21)10-19/h2-5,19H,6-10H2,1H3,(H,16,20)(H,17,21)(H,18,22). The molecule has 8 nitrogen and oxygen atoms in total. The molecule has 0 saturated carbocycles. The molecule has 4 N–H and O–H groups in total. The molecule has 0 fully saturated rings. The Morgan fingerprint density at radius 3 is 2.52 bits per heavy atom. The van der Waals surface area contributed by atoms with Crippen LogP contribution in [0, 0.1) is 0 Å². The van der Waals surface area contributed by atoms with E-state index in [1.54, 1.807) is 24.3 Å². The van der Waals surface area contributed by atoms with E-state index in [9.17, 15) is 14.4 Å². The smallest absolute Gasteiger partial charge is 0.252 e. The van der Waals surface area contributed by atoms with Crippen LogP contribution in [0.3, 0.4) is 0 Å². The van der Waals surface area contributed by atoms with E-state index in [1.807, 2.05) is 0 Å². The number of nitrogens with one attached hydrogen (secondary N) is 3. The summed E-state index contributed by atoms with van der Waals surface area (Å²) in [4.78, 5) is 34.7. The average molecular weight is 323 g/mol. The summed E-state index contributed by atoms with van der Waals surface area (Å²) in [5.41, 5.74) is 0.946. The van der Waals surface area contributed by atoms with Gasteiger partial charge in [0.05, 0.1) is 13.2 Å². The molecule has 0 aromatic heterocycles. The van der Waals surface area contributed by atoms with Crippen LogP contribution in [0.15, 0.2) is 24.3 Å². The van der Waals surface area contributed by atoms with Crippen molar-refractivity contribution in [3.8, 4) is 0 Å². The Balaban J connectivity index is 2.55. The molecular weight excluding hydrogens is 302 g/mol. The normalized spacial score (nSPS) is 10.0. The number of carbonyl (C=O) groups is 3. The van der Waals surface area contributed by atoms with Gasteiger partial charge >= 0.3 is 0 Å². The van der Waals surface area contributed by atoms with Gasteiger partial charge in [-0.15, -0.1) is 0 Å². The zero-order valence-electron chi connectivity index (χ0n) is 12.9. The van der Waals surface area contributed by atoms with E-state index in [1.165, 1.54) is 7.11 Å². The monoisotopic (exact) mass is 323 g/mol. The summed E-state index contributed by atoms with van der Waals surface area (Å²) in [5.74, 6) is -1.26. The number of benzene rings is 1. The molecule has 0 heterocycles. The lowest BCUT2D eigenvalue weighted by Gasteiger charge is -2.11. The molecule has 0 aliphatic heterocycles. The molecular formula is C15H21N3O5. The summed E-state index contributed by atoms with van der Waals surface area (Å²) in [5, 5.41) is 16.3. The van der Waals surface area contributed by atoms with E-state index >= 15 is 0 Å². The Bertz CT molecular complexity index is 548. The Morgan fingerprint density at radius 2 is 1.83 bits per heavy atom. The van der Waals surface area contributed by atoms with Crippen molar-refractivity contribution in [3.05, 3.63) is 35.4 Å². The fourth-order valence-electron chi connectivity index (χ4n) is 1.76. The minimum atomic E-state index is -0.615. The van der Waals surface area contributed by atoms with Crippen LogP contribution in [0.5, 0.6) is 0 Å². The summed E-state index contributed by atoms with van der Waals surface area (Å²) in [6.45, 7) is 0.112. The summed E-state index contributed by atoms with van der Waals surface area (Å²) < 4.78 is 4.80. The first kappa shape index (κ1) is 18.6. The van der Waals surface area contributed by atoms with Crippen LogP contribution in [0.2, 0.25) is 0 Å². The van der Waals surface area contributed by atoms with E-state index in [4.69, 9.17) is 9.84 Å². The lowest BCUT2D eigenvalue weighted by atomic mass is 10.1. The molecule has 0 saturated heterocycles. The van der Waals surface area contributed by atoms with Crippen molar-refractivity contribution in [3.63, 3.8) is 0 Å². The third kappa shape index (κ3) is 6.90. The number of methoxy groups -OCH3 is 1. The van der Waals surface area contributed by atoms with Crippen LogP contribution in [0.1, 0.15) is 15.9 Å². The minimum Gasteiger partial charge on any atom is -0.387 e. The SMILES string of the molecule is COCCNC(=O)CNC(=O)c1ccccc1CNC(=O)CO. The van der Waals surface area contributed by atoms with Gasteiger partial charge in [0, 0.05) is 25.8 Å². The average Bonchev–Trinajstić information content (AvgIpc) is 2.58. The van der Waals surface area contributed by atoms with Crippen LogP contribution >= 0.6 is 0 Å². The fraction of sp³-hybridized carbons (Fsp3) is 0.400. The highest BCUT2D eigenvalue weighted by Crippen LogP contribution is 2.08. The molecule has 0 aliphatic carbocycles. The van der Waals surface area contributed by atoms with Gasteiger partial charge in [0.2, 0.25) is 11.8 Å². The van der Waals surface area contributed by atoms with Crippen molar-refractivity contribution >= 4 is 17.7 Å². The highest BCUT2D eigenvalue weighted by atomic mass is 16.5. The fourth-order valence-corrected chi connectivity index (χ4v) is 1.76. The largest absolute Gasteiger partial charge is 0.387 e. The van der Waals surface area contributed by atoms with Gasteiger partial charge in [-0.05, 0) is 11.6 Å². The van der Waals surface area contributed by atoms with E-state index < -0.39 is 18.4 Å². The number of rotatable bonds is 9. The second kappa shape index (κ2) is 10.3. The third-order valence-electron chi connectivity index (χ3n) is 2.92. The molecule has 0 atom stereocenters. The minimum absolute atomic E-state index is 0.114. The Hall–Kier alpha value is -2.45. The maximum Gasteiger partial charge on any atom is 0.252 e. The van der Waals surface area contributed by atoms with Crippen LogP contribution in [-0.2, 0) is 20.9 Å². The van der Waals surface area contributed by atoms with E-state index in [0.29, 0.717) is 24.3 Å². The maximum absolute atomic E-state index is 12.1. The van der Waals surface area contributed by atoms with Crippen molar-refractivity contribution in [1.82, 2.24) is 16.0 Å². The number of ether oxygens (including phenoxy) is 1. The number of hydrogen-bond acceptors (Lipinski definition) is 5. The molecule has 3 amide bonds. The molecule has 0 aliphatic rings. The van der Waals surface area contributed by atoms with Gasteiger partial charge in [-0.3, -0.25) is 14.4 Å². The van der Waals surface area contributed by atoms with Gasteiger partial charge < -0.3 is 25.8 Å². The summed E-state index contributed by atoms with van der Waals surface area (Å²) in [6.07, 6.45) is 0. The van der Waals surface area contributed by atoms with Crippen molar-refractivity contribution < 1.29 is 24.2 Å². The molecule has 0 bridgehead atoms. The Morgan fingerprint density at radius 1 is 1.09 bits per heavy atom. The quantitative estimate of drug-likeness (QED) is 0.425. The van der Waals surface area contributed by atoms with E-state index in [0.717, 1.165) is 0 Å². The molecule has 1 aromatic carbocycles. The number of aliphatic hydroxyl groups excluding tert-OH is 1. The first-order valence-electron chi connectivity index (χ1n) is 7.07. The molecule has 0 spiro atoms. The summed E-state index contributed by atoms with van der Waals surface area (Å²) in [7, 11) is 1.53. The Labute approximate surface area is 134 Å². The molecule has 8 heteroatoms. The van der Waals surface area contributed by atoms with E-state index in [-0.39, 0.29) is 19.0 Å². The van der Waals surface area contributed by atoms with Crippen molar-refractivity contribution in [2.24, 2.45) is 0 Å². The van der Waals surface area contributed by atoms with Gasteiger partial charge in [0.1, 0.15) is 6.61 Å². The van der Waals surface area contributed by atoms with Gasteiger partial charge in [0.15, 0.2) is 0 Å².